The smallest absolute Gasteiger partial charge is 0.171 e. The van der Waals surface area contributed by atoms with Crippen LogP contribution in [0.4, 0.5) is 0 Å². The Balaban J connectivity index is 3.06. The van der Waals surface area contributed by atoms with E-state index in [1.165, 1.54) is 0 Å². The fraction of sp³-hybridized carbons (Fsp3) is 0.667. The first kappa shape index (κ1) is 12.4. The molecule has 0 aliphatic carbocycles. The summed E-state index contributed by atoms with van der Waals surface area (Å²) >= 11 is 1.59. The molecule has 0 bridgehead atoms. The number of carbonyl (C=O) groups is 1. The molecule has 1 aromatic rings. The van der Waals surface area contributed by atoms with Gasteiger partial charge in [-0.15, -0.1) is 11.3 Å². The highest BCUT2D eigenvalue weighted by Crippen LogP contribution is 2.30. The van der Waals surface area contributed by atoms with Gasteiger partial charge in [0.25, 0.3) is 0 Å². The molecule has 0 fully saturated rings. The van der Waals surface area contributed by atoms with Gasteiger partial charge in [-0.05, 0) is 19.3 Å². The Morgan fingerprint density at radius 2 is 1.93 bits per heavy atom. The van der Waals surface area contributed by atoms with E-state index in [-0.39, 0.29) is 5.78 Å². The molecule has 0 saturated heterocycles. The van der Waals surface area contributed by atoms with Crippen LogP contribution in [-0.4, -0.2) is 10.8 Å². The summed E-state index contributed by atoms with van der Waals surface area (Å²) in [5, 5.41) is 1.14. The Bertz CT molecular complexity index is 339. The number of carbonyl (C=O) groups excluding carboxylic acids is 1. The van der Waals surface area contributed by atoms with E-state index in [2.05, 4.69) is 25.8 Å². The summed E-state index contributed by atoms with van der Waals surface area (Å²) in [6.07, 6.45) is 3.06. The van der Waals surface area contributed by atoms with Gasteiger partial charge in [-0.3, -0.25) is 4.79 Å². The van der Waals surface area contributed by atoms with Crippen LogP contribution in [0.25, 0.3) is 0 Å². The molecular formula is C12H19NOS. The lowest BCUT2D eigenvalue weighted by Gasteiger charge is -2.06. The molecule has 3 heteroatoms. The van der Waals surface area contributed by atoms with Crippen LogP contribution >= 0.6 is 11.3 Å². The average molecular weight is 225 g/mol. The van der Waals surface area contributed by atoms with E-state index in [1.807, 2.05) is 0 Å². The van der Waals surface area contributed by atoms with Crippen molar-refractivity contribution in [2.24, 2.45) is 0 Å². The number of hydrogen-bond acceptors (Lipinski definition) is 3. The molecule has 0 saturated carbocycles. The SMILES string of the molecule is CCc1nc(C(CC)CC)sc1C(C)=O. The largest absolute Gasteiger partial charge is 0.294 e. The average Bonchev–Trinajstić information content (AvgIpc) is 2.64. The highest BCUT2D eigenvalue weighted by Gasteiger charge is 2.17. The highest BCUT2D eigenvalue weighted by molar-refractivity contribution is 7.13. The number of thiazole rings is 1. The number of Topliss-reactive ketones (excluding diaryl/α,β-unsaturated/α-hetero) is 1. The molecule has 15 heavy (non-hydrogen) atoms. The molecule has 0 radical (unpaired) electrons. The molecule has 84 valence electrons. The van der Waals surface area contributed by atoms with Gasteiger partial charge in [0, 0.05) is 12.8 Å². The zero-order chi connectivity index (χ0) is 11.4. The highest BCUT2D eigenvalue weighted by atomic mass is 32.1. The summed E-state index contributed by atoms with van der Waals surface area (Å²) in [6.45, 7) is 8.03. The summed E-state index contributed by atoms with van der Waals surface area (Å²) in [4.78, 5) is 16.9. The minimum absolute atomic E-state index is 0.154. The standard InChI is InChI=1S/C12H19NOS/c1-5-9(6-2)12-13-10(7-3)11(15-12)8(4)14/h9H,5-7H2,1-4H3. The normalized spacial score (nSPS) is 11.0. The maximum Gasteiger partial charge on any atom is 0.171 e. The van der Waals surface area contributed by atoms with E-state index in [1.54, 1.807) is 18.3 Å². The molecule has 0 aliphatic rings. The van der Waals surface area contributed by atoms with Crippen LogP contribution in [-0.2, 0) is 6.42 Å². The molecule has 1 aromatic heterocycles. The Labute approximate surface area is 95.7 Å². The van der Waals surface area contributed by atoms with Gasteiger partial charge in [-0.2, -0.15) is 0 Å². The molecule has 0 aromatic carbocycles. The van der Waals surface area contributed by atoms with Gasteiger partial charge in [0.1, 0.15) is 0 Å². The fourth-order valence-corrected chi connectivity index (χ4v) is 3.01. The molecule has 0 unspecified atom stereocenters. The maximum atomic E-state index is 11.4. The van der Waals surface area contributed by atoms with Crippen molar-refractivity contribution in [2.75, 3.05) is 0 Å². The lowest BCUT2D eigenvalue weighted by molar-refractivity contribution is 0.102. The molecule has 2 nitrogen and oxygen atoms in total. The van der Waals surface area contributed by atoms with Crippen molar-refractivity contribution < 1.29 is 4.79 Å². The first-order chi connectivity index (χ1) is 7.13. The van der Waals surface area contributed by atoms with Crippen LogP contribution in [0.15, 0.2) is 0 Å². The molecule has 1 heterocycles. The van der Waals surface area contributed by atoms with Crippen LogP contribution in [0.5, 0.6) is 0 Å². The zero-order valence-corrected chi connectivity index (χ0v) is 10.8. The fourth-order valence-electron chi connectivity index (χ4n) is 1.70. The number of nitrogens with zero attached hydrogens (tertiary/aromatic N) is 1. The van der Waals surface area contributed by atoms with E-state index >= 15 is 0 Å². The van der Waals surface area contributed by atoms with Crippen molar-refractivity contribution in [3.8, 4) is 0 Å². The lowest BCUT2D eigenvalue weighted by atomic mass is 10.1. The number of hydrogen-bond donors (Lipinski definition) is 0. The Kier molecular flexibility index (Phi) is 4.45. The lowest BCUT2D eigenvalue weighted by Crippen LogP contribution is -1.95. The predicted molar refractivity (Wildman–Crippen MR) is 64.8 cm³/mol. The maximum absolute atomic E-state index is 11.4. The van der Waals surface area contributed by atoms with Crippen molar-refractivity contribution in [3.05, 3.63) is 15.6 Å². The van der Waals surface area contributed by atoms with Gasteiger partial charge in [-0.1, -0.05) is 20.8 Å². The van der Waals surface area contributed by atoms with Crippen LogP contribution in [0.1, 0.15) is 66.8 Å². The number of rotatable bonds is 5. The van der Waals surface area contributed by atoms with Crippen molar-refractivity contribution in [1.82, 2.24) is 4.98 Å². The molecule has 0 N–H and O–H groups in total. The summed E-state index contributed by atoms with van der Waals surface area (Å²) in [6, 6.07) is 0. The van der Waals surface area contributed by atoms with Crippen LogP contribution in [0.3, 0.4) is 0 Å². The molecule has 0 aliphatic heterocycles. The summed E-state index contributed by atoms with van der Waals surface area (Å²) in [5.74, 6) is 0.676. The van der Waals surface area contributed by atoms with E-state index in [4.69, 9.17) is 0 Å². The third-order valence-electron chi connectivity index (χ3n) is 2.70. The van der Waals surface area contributed by atoms with E-state index in [0.717, 1.165) is 34.8 Å². The summed E-state index contributed by atoms with van der Waals surface area (Å²) in [7, 11) is 0. The van der Waals surface area contributed by atoms with Gasteiger partial charge in [0.05, 0.1) is 15.6 Å². The van der Waals surface area contributed by atoms with E-state index in [0.29, 0.717) is 5.92 Å². The van der Waals surface area contributed by atoms with Gasteiger partial charge < -0.3 is 0 Å². The number of aryl methyl sites for hydroxylation is 1. The van der Waals surface area contributed by atoms with Crippen molar-refractivity contribution in [3.63, 3.8) is 0 Å². The Morgan fingerprint density at radius 3 is 2.27 bits per heavy atom. The van der Waals surface area contributed by atoms with Gasteiger partial charge >= 0.3 is 0 Å². The molecule has 0 amide bonds. The predicted octanol–water partition coefficient (Wildman–Crippen LogP) is 3.81. The first-order valence-corrected chi connectivity index (χ1v) is 6.46. The Hall–Kier alpha value is -0.700. The second-order valence-corrected chi connectivity index (χ2v) is 4.78. The summed E-state index contributed by atoms with van der Waals surface area (Å²) in [5.41, 5.74) is 0.981. The number of ketones is 1. The van der Waals surface area contributed by atoms with Crippen LogP contribution in [0, 0.1) is 0 Å². The van der Waals surface area contributed by atoms with Crippen LogP contribution < -0.4 is 0 Å². The molecule has 0 atom stereocenters. The minimum Gasteiger partial charge on any atom is -0.294 e. The van der Waals surface area contributed by atoms with Gasteiger partial charge in [0.2, 0.25) is 0 Å². The van der Waals surface area contributed by atoms with E-state index in [9.17, 15) is 4.79 Å². The zero-order valence-electron chi connectivity index (χ0n) is 9.96. The van der Waals surface area contributed by atoms with E-state index < -0.39 is 0 Å². The van der Waals surface area contributed by atoms with Crippen molar-refractivity contribution in [2.45, 2.75) is 52.9 Å². The second-order valence-electron chi connectivity index (χ2n) is 3.75. The summed E-state index contributed by atoms with van der Waals surface area (Å²) < 4.78 is 0. The third-order valence-corrected chi connectivity index (χ3v) is 4.06. The third kappa shape index (κ3) is 2.65. The van der Waals surface area contributed by atoms with Gasteiger partial charge in [0.15, 0.2) is 5.78 Å². The quantitative estimate of drug-likeness (QED) is 0.713. The molecular weight excluding hydrogens is 206 g/mol. The first-order valence-electron chi connectivity index (χ1n) is 5.64. The monoisotopic (exact) mass is 225 g/mol. The second kappa shape index (κ2) is 5.40. The topological polar surface area (TPSA) is 30.0 Å². The number of aromatic nitrogens is 1. The van der Waals surface area contributed by atoms with Crippen LogP contribution in [0.2, 0.25) is 0 Å². The molecule has 0 spiro atoms. The van der Waals surface area contributed by atoms with Crippen molar-refractivity contribution in [1.29, 1.82) is 0 Å². The van der Waals surface area contributed by atoms with Gasteiger partial charge in [-0.25, -0.2) is 4.98 Å². The van der Waals surface area contributed by atoms with Crippen molar-refractivity contribution >= 4 is 17.1 Å². The minimum atomic E-state index is 0.154. The molecule has 1 rings (SSSR count). The Morgan fingerprint density at radius 1 is 1.33 bits per heavy atom.